The highest BCUT2D eigenvalue weighted by atomic mass is 16.3. The molecule has 0 unspecified atom stereocenters. The normalized spacial score (nSPS) is 10.0. The Balaban J connectivity index is 2.45. The van der Waals surface area contributed by atoms with Crippen LogP contribution in [-0.4, -0.2) is 10.2 Å². The predicted octanol–water partition coefficient (Wildman–Crippen LogP) is 2.22. The molecule has 0 fully saturated rings. The second kappa shape index (κ2) is 2.70. The van der Waals surface area contributed by atoms with E-state index in [1.807, 2.05) is 30.3 Å². The molecule has 0 aliphatic carbocycles. The lowest BCUT2D eigenvalue weighted by Gasteiger charge is -1.91. The highest BCUT2D eigenvalue weighted by molar-refractivity contribution is 5.59. The highest BCUT2D eigenvalue weighted by Crippen LogP contribution is 2.19. The third kappa shape index (κ3) is 1.16. The lowest BCUT2D eigenvalue weighted by molar-refractivity contribution is 0.336. The first-order valence-corrected chi connectivity index (χ1v) is 3.64. The van der Waals surface area contributed by atoms with Gasteiger partial charge in [0.25, 0.3) is 5.88 Å². The van der Waals surface area contributed by atoms with Crippen molar-refractivity contribution >= 4 is 0 Å². The van der Waals surface area contributed by atoms with Gasteiger partial charge in [0, 0.05) is 11.6 Å². The zero-order valence-electron chi connectivity index (χ0n) is 6.32. The van der Waals surface area contributed by atoms with Crippen molar-refractivity contribution in [2.45, 2.75) is 0 Å². The van der Waals surface area contributed by atoms with Crippen molar-refractivity contribution in [3.63, 3.8) is 0 Å². The van der Waals surface area contributed by atoms with E-state index in [0.29, 0.717) is 5.69 Å². The standard InChI is InChI=1S/C9H7N2O/c12-9-6-8(10-11-9)7-4-2-1-3-5-7/h1-6H,(H,10,11). The number of aromatic amines is 1. The fourth-order valence-corrected chi connectivity index (χ4v) is 1.06. The molecule has 0 bridgehead atoms. The highest BCUT2D eigenvalue weighted by Gasteiger charge is 2.01. The summed E-state index contributed by atoms with van der Waals surface area (Å²) >= 11 is 0. The fourth-order valence-electron chi connectivity index (χ4n) is 1.06. The zero-order valence-corrected chi connectivity index (χ0v) is 6.32. The molecule has 0 saturated heterocycles. The molecular weight excluding hydrogens is 152 g/mol. The first-order valence-electron chi connectivity index (χ1n) is 3.64. The van der Waals surface area contributed by atoms with Gasteiger partial charge < -0.3 is 0 Å². The molecule has 0 aliphatic heterocycles. The van der Waals surface area contributed by atoms with Gasteiger partial charge in [-0.25, -0.2) is 5.10 Å². The van der Waals surface area contributed by atoms with E-state index >= 15 is 0 Å². The molecule has 1 radical (unpaired) electrons. The number of rotatable bonds is 1. The van der Waals surface area contributed by atoms with Crippen molar-refractivity contribution in [1.82, 2.24) is 10.2 Å². The Morgan fingerprint density at radius 1 is 1.17 bits per heavy atom. The third-order valence-electron chi connectivity index (χ3n) is 1.62. The minimum Gasteiger partial charge on any atom is -0.268 e. The van der Waals surface area contributed by atoms with Crippen LogP contribution < -0.4 is 0 Å². The average Bonchev–Trinajstić information content (AvgIpc) is 2.54. The minimum absolute atomic E-state index is 0.158. The van der Waals surface area contributed by atoms with Crippen molar-refractivity contribution in [3.05, 3.63) is 36.4 Å². The lowest BCUT2D eigenvalue weighted by Crippen LogP contribution is -1.75. The maximum Gasteiger partial charge on any atom is 0.266 e. The van der Waals surface area contributed by atoms with Crippen molar-refractivity contribution < 1.29 is 5.11 Å². The summed E-state index contributed by atoms with van der Waals surface area (Å²) in [6.45, 7) is 0. The van der Waals surface area contributed by atoms with E-state index in [1.54, 1.807) is 0 Å². The molecule has 0 atom stereocenters. The number of hydrogen-bond acceptors (Lipinski definition) is 1. The Bertz CT molecular complexity index is 367. The van der Waals surface area contributed by atoms with E-state index < -0.39 is 0 Å². The van der Waals surface area contributed by atoms with E-state index in [9.17, 15) is 5.11 Å². The Morgan fingerprint density at radius 2 is 1.92 bits per heavy atom. The largest absolute Gasteiger partial charge is 0.268 e. The van der Waals surface area contributed by atoms with Gasteiger partial charge in [-0.15, -0.1) is 0 Å². The van der Waals surface area contributed by atoms with Crippen LogP contribution in [0.15, 0.2) is 36.4 Å². The molecule has 0 aliphatic rings. The van der Waals surface area contributed by atoms with Gasteiger partial charge >= 0.3 is 0 Å². The molecule has 12 heavy (non-hydrogen) atoms. The number of H-pyrrole nitrogens is 1. The van der Waals surface area contributed by atoms with Gasteiger partial charge in [0.1, 0.15) is 0 Å². The smallest absolute Gasteiger partial charge is 0.266 e. The van der Waals surface area contributed by atoms with E-state index in [1.165, 1.54) is 6.07 Å². The molecule has 0 saturated carbocycles. The summed E-state index contributed by atoms with van der Waals surface area (Å²) in [6.07, 6.45) is 0. The van der Waals surface area contributed by atoms with Gasteiger partial charge in [-0.2, -0.15) is 5.10 Å². The lowest BCUT2D eigenvalue weighted by atomic mass is 10.2. The fraction of sp³-hybridized carbons (Fsp3) is 0. The summed E-state index contributed by atoms with van der Waals surface area (Å²) in [5, 5.41) is 17.0. The quantitative estimate of drug-likeness (QED) is 0.681. The summed E-state index contributed by atoms with van der Waals surface area (Å²) in [4.78, 5) is 0. The maximum absolute atomic E-state index is 10.7. The Hall–Kier alpha value is -1.77. The van der Waals surface area contributed by atoms with Crippen LogP contribution in [0.3, 0.4) is 0 Å². The Morgan fingerprint density at radius 3 is 2.50 bits per heavy atom. The third-order valence-corrected chi connectivity index (χ3v) is 1.62. The monoisotopic (exact) mass is 159 g/mol. The molecule has 59 valence electrons. The molecule has 1 aromatic carbocycles. The van der Waals surface area contributed by atoms with Crippen LogP contribution in [0.25, 0.3) is 11.3 Å². The summed E-state index contributed by atoms with van der Waals surface area (Å²) in [7, 11) is 0. The molecule has 2 aromatic rings. The summed E-state index contributed by atoms with van der Waals surface area (Å²) in [5.74, 6) is -0.158. The molecular formula is C9H7N2O. The molecule has 3 heteroatoms. The van der Waals surface area contributed by atoms with Crippen molar-refractivity contribution in [1.29, 1.82) is 0 Å². The van der Waals surface area contributed by atoms with Crippen molar-refractivity contribution in [2.75, 3.05) is 0 Å². The summed E-state index contributed by atoms with van der Waals surface area (Å²) < 4.78 is 0. The number of benzene rings is 1. The molecule has 3 nitrogen and oxygen atoms in total. The Kier molecular flexibility index (Phi) is 1.55. The van der Waals surface area contributed by atoms with E-state index in [0.717, 1.165) is 5.56 Å². The van der Waals surface area contributed by atoms with Crippen LogP contribution in [0, 0.1) is 0 Å². The van der Waals surface area contributed by atoms with E-state index in [-0.39, 0.29) is 5.88 Å². The van der Waals surface area contributed by atoms with Crippen molar-refractivity contribution in [3.8, 4) is 17.1 Å². The molecule has 1 N–H and O–H groups in total. The van der Waals surface area contributed by atoms with Gasteiger partial charge in [0.15, 0.2) is 0 Å². The second-order valence-corrected chi connectivity index (χ2v) is 2.48. The molecule has 0 spiro atoms. The van der Waals surface area contributed by atoms with Crippen LogP contribution in [0.1, 0.15) is 0 Å². The first-order chi connectivity index (χ1) is 5.86. The second-order valence-electron chi connectivity index (χ2n) is 2.48. The zero-order chi connectivity index (χ0) is 8.39. The first kappa shape index (κ1) is 6.91. The van der Waals surface area contributed by atoms with Crippen LogP contribution >= 0.6 is 0 Å². The van der Waals surface area contributed by atoms with E-state index in [2.05, 4.69) is 10.2 Å². The van der Waals surface area contributed by atoms with Crippen LogP contribution in [0.2, 0.25) is 0 Å². The van der Waals surface area contributed by atoms with Gasteiger partial charge in [-0.3, -0.25) is 5.11 Å². The minimum atomic E-state index is -0.158. The molecule has 0 amide bonds. The van der Waals surface area contributed by atoms with Gasteiger partial charge in [0.2, 0.25) is 0 Å². The summed E-state index contributed by atoms with van der Waals surface area (Å²) in [6, 6.07) is 11.1. The number of nitrogens with one attached hydrogen (secondary N) is 1. The number of aromatic nitrogens is 2. The van der Waals surface area contributed by atoms with Gasteiger partial charge in [-0.05, 0) is 0 Å². The van der Waals surface area contributed by atoms with Crippen LogP contribution in [-0.2, 0) is 5.11 Å². The topological polar surface area (TPSA) is 48.6 Å². The predicted molar refractivity (Wildman–Crippen MR) is 44.2 cm³/mol. The van der Waals surface area contributed by atoms with Crippen LogP contribution in [0.4, 0.5) is 0 Å². The number of nitrogens with zero attached hydrogens (tertiary/aromatic N) is 1. The Labute approximate surface area is 69.7 Å². The van der Waals surface area contributed by atoms with E-state index in [4.69, 9.17) is 0 Å². The van der Waals surface area contributed by atoms with Gasteiger partial charge in [0.05, 0.1) is 5.69 Å². The SMILES string of the molecule is [O]c1cc(-c2ccccc2)n[nH]1. The number of hydrogen-bond donors (Lipinski definition) is 1. The summed E-state index contributed by atoms with van der Waals surface area (Å²) in [5.41, 5.74) is 1.65. The average molecular weight is 159 g/mol. The molecule has 1 aromatic heterocycles. The van der Waals surface area contributed by atoms with Crippen molar-refractivity contribution in [2.24, 2.45) is 0 Å². The molecule has 1 heterocycles. The molecule has 2 rings (SSSR count). The maximum atomic E-state index is 10.7. The van der Waals surface area contributed by atoms with Crippen LogP contribution in [0.5, 0.6) is 5.88 Å². The van der Waals surface area contributed by atoms with Gasteiger partial charge in [-0.1, -0.05) is 30.3 Å².